The van der Waals surface area contributed by atoms with Crippen LogP contribution in [-0.4, -0.2) is 41.3 Å². The fourth-order valence-electron chi connectivity index (χ4n) is 3.38. The molecule has 1 aliphatic carbocycles. The molecule has 15 heavy (non-hydrogen) atoms. The molecule has 3 heteroatoms. The van der Waals surface area contributed by atoms with Crippen molar-refractivity contribution < 1.29 is 5.11 Å². The zero-order chi connectivity index (χ0) is 10.7. The fraction of sp³-hybridized carbons (Fsp3) is 1.00. The molecule has 0 amide bonds. The van der Waals surface area contributed by atoms with Crippen LogP contribution in [0.2, 0.25) is 0 Å². The average molecular weight is 212 g/mol. The lowest BCUT2D eigenvalue weighted by Gasteiger charge is -2.42. The summed E-state index contributed by atoms with van der Waals surface area (Å²) in [5.41, 5.74) is 5.93. The average Bonchev–Trinajstić information content (AvgIpc) is 2.63. The zero-order valence-corrected chi connectivity index (χ0v) is 9.62. The third-order valence-corrected chi connectivity index (χ3v) is 4.23. The van der Waals surface area contributed by atoms with Crippen molar-refractivity contribution in [3.05, 3.63) is 0 Å². The van der Waals surface area contributed by atoms with Gasteiger partial charge in [0.05, 0.1) is 6.10 Å². The Balaban J connectivity index is 1.97. The van der Waals surface area contributed by atoms with Crippen LogP contribution in [0.3, 0.4) is 0 Å². The van der Waals surface area contributed by atoms with Crippen molar-refractivity contribution in [1.29, 1.82) is 0 Å². The van der Waals surface area contributed by atoms with Gasteiger partial charge >= 0.3 is 0 Å². The van der Waals surface area contributed by atoms with Crippen LogP contribution in [-0.2, 0) is 0 Å². The van der Waals surface area contributed by atoms with Crippen LogP contribution in [0, 0.1) is 0 Å². The van der Waals surface area contributed by atoms with Crippen molar-refractivity contribution in [2.45, 2.75) is 56.6 Å². The second kappa shape index (κ2) is 4.81. The molecule has 1 saturated carbocycles. The minimum atomic E-state index is -0.332. The summed E-state index contributed by atoms with van der Waals surface area (Å²) in [6, 6.07) is 0. The predicted octanol–water partition coefficient (Wildman–Crippen LogP) is 1.10. The second-order valence-electron chi connectivity index (χ2n) is 5.22. The smallest absolute Gasteiger partial charge is 0.0789 e. The molecule has 2 fully saturated rings. The first-order valence-corrected chi connectivity index (χ1v) is 6.40. The van der Waals surface area contributed by atoms with Crippen molar-refractivity contribution in [2.24, 2.45) is 5.73 Å². The van der Waals surface area contributed by atoms with Crippen molar-refractivity contribution >= 4 is 0 Å². The maximum atomic E-state index is 9.67. The molecule has 2 rings (SSSR count). The van der Waals surface area contributed by atoms with Gasteiger partial charge in [-0.05, 0) is 32.2 Å². The van der Waals surface area contributed by atoms with Gasteiger partial charge in [0.15, 0.2) is 0 Å². The topological polar surface area (TPSA) is 49.5 Å². The Morgan fingerprint density at radius 2 is 1.80 bits per heavy atom. The van der Waals surface area contributed by atoms with Crippen molar-refractivity contribution in [1.82, 2.24) is 4.90 Å². The minimum Gasteiger partial charge on any atom is -0.390 e. The summed E-state index contributed by atoms with van der Waals surface area (Å²) in [7, 11) is 0. The highest BCUT2D eigenvalue weighted by molar-refractivity contribution is 4.98. The van der Waals surface area contributed by atoms with Gasteiger partial charge in [0, 0.05) is 18.6 Å². The Morgan fingerprint density at radius 3 is 2.47 bits per heavy atom. The monoisotopic (exact) mass is 212 g/mol. The largest absolute Gasteiger partial charge is 0.390 e. The van der Waals surface area contributed by atoms with Crippen LogP contribution < -0.4 is 5.73 Å². The Bertz CT molecular complexity index is 202. The SMILES string of the molecule is NC[C@H](O)CN1CCCC12CCCCC2. The van der Waals surface area contributed by atoms with Crippen molar-refractivity contribution in [3.63, 3.8) is 0 Å². The van der Waals surface area contributed by atoms with Crippen LogP contribution in [0.1, 0.15) is 44.9 Å². The normalized spacial score (nSPS) is 28.4. The highest BCUT2D eigenvalue weighted by atomic mass is 16.3. The molecule has 1 aliphatic heterocycles. The van der Waals surface area contributed by atoms with E-state index in [9.17, 15) is 5.11 Å². The first kappa shape index (κ1) is 11.4. The highest BCUT2D eigenvalue weighted by Gasteiger charge is 2.41. The van der Waals surface area contributed by atoms with E-state index < -0.39 is 0 Å². The quantitative estimate of drug-likeness (QED) is 0.736. The van der Waals surface area contributed by atoms with Crippen LogP contribution >= 0.6 is 0 Å². The lowest BCUT2D eigenvalue weighted by molar-refractivity contribution is 0.0434. The summed E-state index contributed by atoms with van der Waals surface area (Å²) in [6.07, 6.45) is 9.12. The molecule has 3 N–H and O–H groups in total. The van der Waals surface area contributed by atoms with Crippen molar-refractivity contribution in [3.8, 4) is 0 Å². The van der Waals surface area contributed by atoms with E-state index in [4.69, 9.17) is 5.73 Å². The highest BCUT2D eigenvalue weighted by Crippen LogP contribution is 2.41. The van der Waals surface area contributed by atoms with Gasteiger partial charge in [-0.25, -0.2) is 0 Å². The van der Waals surface area contributed by atoms with E-state index in [0.717, 1.165) is 13.1 Å². The summed E-state index contributed by atoms with van der Waals surface area (Å²) < 4.78 is 0. The third kappa shape index (κ3) is 2.35. The summed E-state index contributed by atoms with van der Waals surface area (Å²) in [6.45, 7) is 2.35. The van der Waals surface area contributed by atoms with Crippen LogP contribution in [0.5, 0.6) is 0 Å². The molecule has 1 atom stereocenters. The maximum Gasteiger partial charge on any atom is 0.0789 e. The Morgan fingerprint density at radius 1 is 1.13 bits per heavy atom. The Kier molecular flexibility index (Phi) is 3.65. The lowest BCUT2D eigenvalue weighted by atomic mass is 9.79. The molecule has 3 nitrogen and oxygen atoms in total. The molecule has 1 spiro atoms. The molecular weight excluding hydrogens is 188 g/mol. The number of likely N-dealkylation sites (tertiary alicyclic amines) is 1. The molecular formula is C12H24N2O. The van der Waals surface area contributed by atoms with Gasteiger partial charge < -0.3 is 10.8 Å². The van der Waals surface area contributed by atoms with Crippen LogP contribution in [0.25, 0.3) is 0 Å². The molecule has 1 heterocycles. The number of hydrogen-bond acceptors (Lipinski definition) is 3. The number of rotatable bonds is 3. The van der Waals surface area contributed by atoms with Gasteiger partial charge in [0.2, 0.25) is 0 Å². The van der Waals surface area contributed by atoms with Gasteiger partial charge in [-0.2, -0.15) is 0 Å². The third-order valence-electron chi connectivity index (χ3n) is 4.23. The number of β-amino-alcohol motifs (C(OH)–C–C–N with tert-alkyl or cyclic N) is 1. The first-order chi connectivity index (χ1) is 7.27. The molecule has 0 aromatic heterocycles. The van der Waals surface area contributed by atoms with Gasteiger partial charge in [-0.3, -0.25) is 4.90 Å². The van der Waals surface area contributed by atoms with E-state index in [1.807, 2.05) is 0 Å². The van der Waals surface area contributed by atoms with E-state index in [0.29, 0.717) is 12.1 Å². The minimum absolute atomic E-state index is 0.332. The van der Waals surface area contributed by atoms with Crippen molar-refractivity contribution in [2.75, 3.05) is 19.6 Å². The standard InChI is InChI=1S/C12H24N2O/c13-9-11(15)10-14-8-4-7-12(14)5-2-1-3-6-12/h11,15H,1-10,13H2/t11-/m0/s1. The zero-order valence-electron chi connectivity index (χ0n) is 9.62. The molecule has 0 aromatic carbocycles. The summed E-state index contributed by atoms with van der Waals surface area (Å²) >= 11 is 0. The summed E-state index contributed by atoms with van der Waals surface area (Å²) in [4.78, 5) is 2.52. The summed E-state index contributed by atoms with van der Waals surface area (Å²) in [5, 5.41) is 9.67. The van der Waals surface area contributed by atoms with Gasteiger partial charge in [-0.1, -0.05) is 19.3 Å². The molecule has 0 radical (unpaired) electrons. The van der Waals surface area contributed by atoms with E-state index >= 15 is 0 Å². The molecule has 0 bridgehead atoms. The first-order valence-electron chi connectivity index (χ1n) is 6.40. The number of nitrogens with two attached hydrogens (primary N) is 1. The molecule has 0 unspecified atom stereocenters. The molecule has 2 aliphatic rings. The van der Waals surface area contributed by atoms with Gasteiger partial charge in [-0.15, -0.1) is 0 Å². The van der Waals surface area contributed by atoms with Gasteiger partial charge in [0.1, 0.15) is 0 Å². The predicted molar refractivity (Wildman–Crippen MR) is 61.7 cm³/mol. The Labute approximate surface area is 92.6 Å². The lowest BCUT2D eigenvalue weighted by Crippen LogP contribution is -2.49. The van der Waals surface area contributed by atoms with Gasteiger partial charge in [0.25, 0.3) is 0 Å². The van der Waals surface area contributed by atoms with E-state index in [2.05, 4.69) is 4.90 Å². The molecule has 1 saturated heterocycles. The molecule has 0 aromatic rings. The second-order valence-corrected chi connectivity index (χ2v) is 5.22. The van der Waals surface area contributed by atoms with E-state index in [-0.39, 0.29) is 6.10 Å². The maximum absolute atomic E-state index is 9.67. The van der Waals surface area contributed by atoms with Crippen LogP contribution in [0.4, 0.5) is 0 Å². The van der Waals surface area contributed by atoms with E-state index in [1.165, 1.54) is 44.9 Å². The summed E-state index contributed by atoms with van der Waals surface area (Å²) in [5.74, 6) is 0. The number of aliphatic hydroxyl groups excluding tert-OH is 1. The van der Waals surface area contributed by atoms with Crippen LogP contribution in [0.15, 0.2) is 0 Å². The van der Waals surface area contributed by atoms with E-state index in [1.54, 1.807) is 0 Å². The Hall–Kier alpha value is -0.120. The number of hydrogen-bond donors (Lipinski definition) is 2. The number of aliphatic hydroxyl groups is 1. The molecule has 88 valence electrons. The fourth-order valence-corrected chi connectivity index (χ4v) is 3.38. The number of nitrogens with zero attached hydrogens (tertiary/aromatic N) is 1.